The molecule has 1 saturated carbocycles. The lowest BCUT2D eigenvalue weighted by Crippen LogP contribution is -2.49. The van der Waals surface area contributed by atoms with Gasteiger partial charge >= 0.3 is 0 Å². The number of pyridine rings is 1. The smallest absolute Gasteiger partial charge is 0.239 e. The third-order valence-electron chi connectivity index (χ3n) is 6.68. The van der Waals surface area contributed by atoms with Gasteiger partial charge in [0.25, 0.3) is 0 Å². The molecule has 1 aliphatic heterocycles. The molecule has 0 spiro atoms. The first-order valence-corrected chi connectivity index (χ1v) is 12.0. The van der Waals surface area contributed by atoms with Gasteiger partial charge in [0.05, 0.1) is 6.54 Å². The minimum absolute atomic E-state index is 0.0230. The van der Waals surface area contributed by atoms with Crippen molar-refractivity contribution in [1.82, 2.24) is 15.2 Å². The van der Waals surface area contributed by atoms with Crippen molar-refractivity contribution in [3.8, 4) is 0 Å². The third kappa shape index (κ3) is 6.09. The van der Waals surface area contributed by atoms with E-state index in [0.29, 0.717) is 19.0 Å². The summed E-state index contributed by atoms with van der Waals surface area (Å²) in [6, 6.07) is 14.1. The number of para-hydroxylation sites is 1. The molecule has 0 unspecified atom stereocenters. The van der Waals surface area contributed by atoms with E-state index in [0.717, 1.165) is 50.0 Å². The normalized spacial score (nSPS) is 17.7. The number of amides is 2. The van der Waals surface area contributed by atoms with E-state index in [1.54, 1.807) is 6.20 Å². The summed E-state index contributed by atoms with van der Waals surface area (Å²) in [6.07, 6.45) is 11.0. The third-order valence-corrected chi connectivity index (χ3v) is 6.68. The molecule has 6 nitrogen and oxygen atoms in total. The van der Waals surface area contributed by atoms with Gasteiger partial charge in [0.15, 0.2) is 0 Å². The van der Waals surface area contributed by atoms with E-state index in [1.807, 2.05) is 53.6 Å². The zero-order valence-electron chi connectivity index (χ0n) is 18.8. The lowest BCUT2D eigenvalue weighted by molar-refractivity contribution is -0.137. The fourth-order valence-electron chi connectivity index (χ4n) is 4.89. The molecule has 32 heavy (non-hydrogen) atoms. The van der Waals surface area contributed by atoms with E-state index in [1.165, 1.54) is 19.3 Å². The number of carbonyl (C=O) groups excluding carboxylic acids is 2. The van der Waals surface area contributed by atoms with Crippen LogP contribution in [0.5, 0.6) is 0 Å². The molecule has 0 atom stereocenters. The Balaban J connectivity index is 1.29. The van der Waals surface area contributed by atoms with Crippen LogP contribution in [0.25, 0.3) is 0 Å². The zero-order chi connectivity index (χ0) is 22.2. The number of hydrogen-bond donors (Lipinski definition) is 1. The van der Waals surface area contributed by atoms with Crippen LogP contribution in [-0.4, -0.2) is 47.4 Å². The van der Waals surface area contributed by atoms with Crippen LogP contribution in [0.4, 0.5) is 5.69 Å². The number of nitrogens with one attached hydrogen (secondary N) is 1. The minimum Gasteiger partial charge on any atom is -0.358 e. The molecule has 6 heteroatoms. The van der Waals surface area contributed by atoms with Crippen LogP contribution in [0.15, 0.2) is 54.9 Å². The first-order chi connectivity index (χ1) is 15.7. The highest BCUT2D eigenvalue weighted by atomic mass is 16.2. The first kappa shape index (κ1) is 22.3. The van der Waals surface area contributed by atoms with Crippen molar-refractivity contribution in [1.29, 1.82) is 0 Å². The lowest BCUT2D eigenvalue weighted by atomic mass is 9.87. The van der Waals surface area contributed by atoms with Crippen LogP contribution in [0.2, 0.25) is 0 Å². The van der Waals surface area contributed by atoms with Crippen LogP contribution >= 0.6 is 0 Å². The van der Waals surface area contributed by atoms with Gasteiger partial charge in [-0.15, -0.1) is 0 Å². The Morgan fingerprint density at radius 1 is 0.969 bits per heavy atom. The van der Waals surface area contributed by atoms with Gasteiger partial charge in [-0.1, -0.05) is 43.5 Å². The van der Waals surface area contributed by atoms with Gasteiger partial charge in [0.1, 0.15) is 0 Å². The monoisotopic (exact) mass is 434 g/mol. The molecule has 0 bridgehead atoms. The van der Waals surface area contributed by atoms with Crippen molar-refractivity contribution < 1.29 is 9.59 Å². The minimum atomic E-state index is 0.0230. The standard InChI is InChI=1S/C26H34N4O2/c31-25(20-30(24-11-5-2-6-12-24)19-21-8-7-15-27-18-21)28-23-13-16-29(17-14-23)26(32)22-9-3-1-4-10-22/h2,5-8,11-12,15,18,22-23H,1,3-4,9-10,13-14,16-17,19-20H2,(H,28,31). The fraction of sp³-hybridized carbons (Fsp3) is 0.500. The summed E-state index contributed by atoms with van der Waals surface area (Å²) in [5.41, 5.74) is 2.08. The quantitative estimate of drug-likeness (QED) is 0.720. The molecular weight excluding hydrogens is 400 g/mol. The van der Waals surface area contributed by atoms with Gasteiger partial charge in [-0.05, 0) is 49.4 Å². The Morgan fingerprint density at radius 2 is 1.72 bits per heavy atom. The van der Waals surface area contributed by atoms with E-state index in [2.05, 4.69) is 15.2 Å². The summed E-state index contributed by atoms with van der Waals surface area (Å²) in [7, 11) is 0. The van der Waals surface area contributed by atoms with E-state index in [-0.39, 0.29) is 17.9 Å². The average Bonchev–Trinajstić information content (AvgIpc) is 2.85. The number of likely N-dealkylation sites (tertiary alicyclic amines) is 1. The Morgan fingerprint density at radius 3 is 2.41 bits per heavy atom. The maximum Gasteiger partial charge on any atom is 0.239 e. The van der Waals surface area contributed by atoms with E-state index in [9.17, 15) is 9.59 Å². The van der Waals surface area contributed by atoms with Crippen molar-refractivity contribution in [2.45, 2.75) is 57.5 Å². The summed E-state index contributed by atoms with van der Waals surface area (Å²) in [5.74, 6) is 0.581. The second kappa shape index (κ2) is 11.1. The lowest BCUT2D eigenvalue weighted by Gasteiger charge is -2.35. The van der Waals surface area contributed by atoms with Gasteiger partial charge in [-0.2, -0.15) is 0 Å². The zero-order valence-corrected chi connectivity index (χ0v) is 18.8. The molecule has 1 N–H and O–H groups in total. The van der Waals surface area contributed by atoms with Gasteiger partial charge in [-0.3, -0.25) is 14.6 Å². The number of benzene rings is 1. The van der Waals surface area contributed by atoms with E-state index < -0.39 is 0 Å². The molecule has 1 aromatic heterocycles. The van der Waals surface area contributed by atoms with Crippen molar-refractivity contribution in [2.24, 2.45) is 5.92 Å². The van der Waals surface area contributed by atoms with Crippen molar-refractivity contribution in [2.75, 3.05) is 24.5 Å². The van der Waals surface area contributed by atoms with Gasteiger partial charge in [-0.25, -0.2) is 0 Å². The number of rotatable bonds is 7. The molecule has 1 saturated heterocycles. The molecule has 0 radical (unpaired) electrons. The van der Waals surface area contributed by atoms with E-state index >= 15 is 0 Å². The molecule has 2 fully saturated rings. The summed E-state index contributed by atoms with van der Waals surface area (Å²) in [6.45, 7) is 2.41. The Bertz CT molecular complexity index is 860. The Hall–Kier alpha value is -2.89. The first-order valence-electron chi connectivity index (χ1n) is 12.0. The van der Waals surface area contributed by atoms with Crippen molar-refractivity contribution in [3.05, 3.63) is 60.4 Å². The molecule has 2 heterocycles. The number of anilines is 1. The topological polar surface area (TPSA) is 65.5 Å². The highest BCUT2D eigenvalue weighted by Crippen LogP contribution is 2.26. The summed E-state index contributed by atoms with van der Waals surface area (Å²) >= 11 is 0. The summed E-state index contributed by atoms with van der Waals surface area (Å²) in [4.78, 5) is 34.0. The largest absolute Gasteiger partial charge is 0.358 e. The molecule has 1 aliphatic carbocycles. The van der Waals surface area contributed by atoms with Gasteiger partial charge < -0.3 is 15.1 Å². The SMILES string of the molecule is O=C(CN(Cc1cccnc1)c1ccccc1)NC1CCN(C(=O)C2CCCCC2)CC1. The van der Waals surface area contributed by atoms with Crippen molar-refractivity contribution >= 4 is 17.5 Å². The number of aromatic nitrogens is 1. The number of piperidine rings is 1. The Labute approximate surface area is 191 Å². The van der Waals surface area contributed by atoms with Gasteiger partial charge in [0.2, 0.25) is 11.8 Å². The van der Waals surface area contributed by atoms with Crippen LogP contribution in [-0.2, 0) is 16.1 Å². The highest BCUT2D eigenvalue weighted by Gasteiger charge is 2.29. The number of hydrogen-bond acceptors (Lipinski definition) is 4. The van der Waals surface area contributed by atoms with Crippen LogP contribution < -0.4 is 10.2 Å². The van der Waals surface area contributed by atoms with Gasteiger partial charge in [0, 0.05) is 49.7 Å². The van der Waals surface area contributed by atoms with Crippen LogP contribution in [0, 0.1) is 5.92 Å². The maximum atomic E-state index is 12.9. The average molecular weight is 435 g/mol. The molecule has 4 rings (SSSR count). The maximum absolute atomic E-state index is 12.9. The summed E-state index contributed by atoms with van der Waals surface area (Å²) in [5, 5.41) is 3.21. The molecular formula is C26H34N4O2. The number of carbonyl (C=O) groups is 2. The highest BCUT2D eigenvalue weighted by molar-refractivity contribution is 5.82. The summed E-state index contributed by atoms with van der Waals surface area (Å²) < 4.78 is 0. The number of nitrogens with zero attached hydrogens (tertiary/aromatic N) is 3. The van der Waals surface area contributed by atoms with Crippen molar-refractivity contribution in [3.63, 3.8) is 0 Å². The molecule has 1 aromatic carbocycles. The molecule has 2 aromatic rings. The molecule has 170 valence electrons. The second-order valence-electron chi connectivity index (χ2n) is 9.05. The Kier molecular flexibility index (Phi) is 7.75. The predicted molar refractivity (Wildman–Crippen MR) is 126 cm³/mol. The molecule has 2 amide bonds. The van der Waals surface area contributed by atoms with Crippen LogP contribution in [0.3, 0.4) is 0 Å². The predicted octanol–water partition coefficient (Wildman–Crippen LogP) is 3.78. The molecule has 2 aliphatic rings. The van der Waals surface area contributed by atoms with Crippen LogP contribution in [0.1, 0.15) is 50.5 Å². The van der Waals surface area contributed by atoms with E-state index in [4.69, 9.17) is 0 Å². The second-order valence-corrected chi connectivity index (χ2v) is 9.05. The fourth-order valence-corrected chi connectivity index (χ4v) is 4.89.